The Kier molecular flexibility index (Phi) is 5.16. The second-order valence-electron chi connectivity index (χ2n) is 6.97. The first-order chi connectivity index (χ1) is 14.5. The van der Waals surface area contributed by atoms with E-state index in [-0.39, 0.29) is 12.1 Å². The van der Waals surface area contributed by atoms with Crippen LogP contribution in [0.5, 0.6) is 0 Å². The molecule has 0 saturated heterocycles. The number of nitrogens with one attached hydrogen (secondary N) is 1. The maximum atomic E-state index is 14.2. The summed E-state index contributed by atoms with van der Waals surface area (Å²) in [7, 11) is 0. The van der Waals surface area contributed by atoms with Crippen LogP contribution in [-0.4, -0.2) is 20.4 Å². The predicted octanol–water partition coefficient (Wildman–Crippen LogP) is 3.04. The Morgan fingerprint density at radius 1 is 1.20 bits per heavy atom. The number of amides is 1. The fourth-order valence-electron chi connectivity index (χ4n) is 3.42. The summed E-state index contributed by atoms with van der Waals surface area (Å²) in [6.07, 6.45) is 1.69. The molecule has 0 aliphatic heterocycles. The van der Waals surface area contributed by atoms with Gasteiger partial charge in [0.2, 0.25) is 11.9 Å². The third kappa shape index (κ3) is 3.60. The topological polar surface area (TPSA) is 112 Å². The number of aromatic nitrogens is 3. The van der Waals surface area contributed by atoms with E-state index in [2.05, 4.69) is 15.3 Å². The maximum absolute atomic E-state index is 14.2. The minimum atomic E-state index is -0.713. The number of benzene rings is 2. The Morgan fingerprint density at radius 2 is 1.97 bits per heavy atom. The van der Waals surface area contributed by atoms with Gasteiger partial charge < -0.3 is 16.8 Å². The van der Waals surface area contributed by atoms with Gasteiger partial charge in [-0.2, -0.15) is 4.98 Å². The van der Waals surface area contributed by atoms with Crippen LogP contribution in [0.4, 0.5) is 10.2 Å². The first kappa shape index (κ1) is 19.5. The van der Waals surface area contributed by atoms with Gasteiger partial charge in [0.25, 0.3) is 0 Å². The summed E-state index contributed by atoms with van der Waals surface area (Å²) in [4.78, 5) is 20.9. The highest BCUT2D eigenvalue weighted by atomic mass is 19.1. The van der Waals surface area contributed by atoms with Crippen LogP contribution in [0.15, 0.2) is 54.7 Å². The van der Waals surface area contributed by atoms with E-state index in [1.165, 1.54) is 6.07 Å². The number of carbonyl (C=O) groups excluding carboxylic acids is 1. The molecule has 4 rings (SSSR count). The molecule has 0 saturated carbocycles. The van der Waals surface area contributed by atoms with Gasteiger partial charge in [0, 0.05) is 35.9 Å². The van der Waals surface area contributed by atoms with Gasteiger partial charge in [0.1, 0.15) is 11.6 Å². The number of nitrogens with zero attached hydrogens (tertiary/aromatic N) is 3. The van der Waals surface area contributed by atoms with Crippen LogP contribution in [0.1, 0.15) is 27.2 Å². The van der Waals surface area contributed by atoms with Crippen LogP contribution in [0.3, 0.4) is 0 Å². The molecule has 8 heteroatoms. The van der Waals surface area contributed by atoms with Gasteiger partial charge in [-0.3, -0.25) is 9.36 Å². The van der Waals surface area contributed by atoms with Crippen molar-refractivity contribution in [2.75, 3.05) is 5.32 Å². The molecule has 30 heavy (non-hydrogen) atoms. The molecular formula is C22H21FN6O. The molecule has 5 N–H and O–H groups in total. The van der Waals surface area contributed by atoms with Gasteiger partial charge in [-0.1, -0.05) is 30.3 Å². The molecule has 2 heterocycles. The second kappa shape index (κ2) is 7.92. The molecule has 0 aliphatic rings. The summed E-state index contributed by atoms with van der Waals surface area (Å²) >= 11 is 0. The average molecular weight is 404 g/mol. The number of hydrogen-bond donors (Lipinski definition) is 3. The molecule has 2 aromatic heterocycles. The molecule has 1 amide bonds. The maximum Gasteiger partial charge on any atom is 0.249 e. The van der Waals surface area contributed by atoms with Crippen LogP contribution in [0.2, 0.25) is 0 Å². The van der Waals surface area contributed by atoms with Crippen LogP contribution in [-0.2, 0) is 13.1 Å². The zero-order valence-corrected chi connectivity index (χ0v) is 16.4. The Balaban J connectivity index is 1.81. The van der Waals surface area contributed by atoms with Crippen LogP contribution < -0.4 is 16.8 Å². The summed E-state index contributed by atoms with van der Waals surface area (Å²) < 4.78 is 15.9. The molecule has 0 aliphatic carbocycles. The predicted molar refractivity (Wildman–Crippen MR) is 114 cm³/mol. The van der Waals surface area contributed by atoms with E-state index in [0.717, 1.165) is 17.2 Å². The van der Waals surface area contributed by atoms with Gasteiger partial charge >= 0.3 is 0 Å². The molecule has 0 unspecified atom stereocenters. The highest BCUT2D eigenvalue weighted by molar-refractivity contribution is 6.06. The number of carbonyl (C=O) groups is 1. The van der Waals surface area contributed by atoms with E-state index in [4.69, 9.17) is 11.5 Å². The number of halogens is 1. The lowest BCUT2D eigenvalue weighted by Crippen LogP contribution is -2.12. The smallest absolute Gasteiger partial charge is 0.249 e. The van der Waals surface area contributed by atoms with E-state index in [9.17, 15) is 9.18 Å². The van der Waals surface area contributed by atoms with Crippen molar-refractivity contribution < 1.29 is 9.18 Å². The summed E-state index contributed by atoms with van der Waals surface area (Å²) in [6.45, 7) is 2.65. The van der Waals surface area contributed by atoms with Crippen LogP contribution >= 0.6 is 0 Å². The first-order valence-electron chi connectivity index (χ1n) is 9.43. The molecule has 0 fully saturated rings. The molecule has 0 radical (unpaired) electrons. The van der Waals surface area contributed by atoms with E-state index in [1.54, 1.807) is 16.8 Å². The van der Waals surface area contributed by atoms with Gasteiger partial charge in [-0.25, -0.2) is 9.37 Å². The van der Waals surface area contributed by atoms with E-state index in [0.29, 0.717) is 34.9 Å². The zero-order chi connectivity index (χ0) is 21.3. The van der Waals surface area contributed by atoms with Gasteiger partial charge in [0.05, 0.1) is 11.1 Å². The number of primary amides is 1. The Morgan fingerprint density at radius 3 is 2.67 bits per heavy atom. The Hall–Kier alpha value is -3.78. The quantitative estimate of drug-likeness (QED) is 0.457. The normalized spacial score (nSPS) is 11.0. The first-order valence-corrected chi connectivity index (χ1v) is 9.43. The third-order valence-corrected chi connectivity index (χ3v) is 4.90. The summed E-state index contributed by atoms with van der Waals surface area (Å²) in [6, 6.07) is 14.1. The van der Waals surface area contributed by atoms with Crippen molar-refractivity contribution in [2.45, 2.75) is 20.0 Å². The van der Waals surface area contributed by atoms with Crippen molar-refractivity contribution in [3.8, 4) is 5.95 Å². The monoisotopic (exact) mass is 404 g/mol. The van der Waals surface area contributed by atoms with Crippen LogP contribution in [0, 0.1) is 12.7 Å². The largest absolute Gasteiger partial charge is 0.366 e. The third-order valence-electron chi connectivity index (χ3n) is 4.90. The SMILES string of the molecule is Cc1cnc(-n2c(CN)cc3c(C(N)=O)cc(F)cc32)nc1NCc1ccccc1. The molecule has 4 aromatic rings. The summed E-state index contributed by atoms with van der Waals surface area (Å²) in [5, 5.41) is 3.82. The standard InChI is InChI=1S/C22H21FN6O/c1-13-11-27-22(28-21(13)26-12-14-5-3-2-4-6-14)29-16(10-24)9-17-18(20(25)30)7-15(23)8-19(17)29/h2-9,11H,10,12,24H2,1H3,(H2,25,30)(H,26,27,28). The molecule has 2 aromatic carbocycles. The number of fused-ring (bicyclic) bond motifs is 1. The van der Waals surface area contributed by atoms with Crippen molar-refractivity contribution in [3.05, 3.63) is 82.9 Å². The Labute approximate surface area is 172 Å². The Bertz CT molecular complexity index is 1240. The zero-order valence-electron chi connectivity index (χ0n) is 16.4. The van der Waals surface area contributed by atoms with Crippen molar-refractivity contribution in [3.63, 3.8) is 0 Å². The lowest BCUT2D eigenvalue weighted by Gasteiger charge is -2.13. The van der Waals surface area contributed by atoms with Crippen LogP contribution in [0.25, 0.3) is 16.9 Å². The average Bonchev–Trinajstić information content (AvgIpc) is 3.11. The number of rotatable bonds is 6. The fourth-order valence-corrected chi connectivity index (χ4v) is 3.42. The molecule has 152 valence electrons. The molecule has 0 atom stereocenters. The number of nitrogens with two attached hydrogens (primary N) is 2. The number of anilines is 1. The highest BCUT2D eigenvalue weighted by Gasteiger charge is 2.18. The highest BCUT2D eigenvalue weighted by Crippen LogP contribution is 2.28. The number of hydrogen-bond acceptors (Lipinski definition) is 5. The van der Waals surface area contributed by atoms with E-state index >= 15 is 0 Å². The van der Waals surface area contributed by atoms with Crippen molar-refractivity contribution in [1.29, 1.82) is 0 Å². The molecule has 7 nitrogen and oxygen atoms in total. The minimum Gasteiger partial charge on any atom is -0.366 e. The lowest BCUT2D eigenvalue weighted by molar-refractivity contribution is 0.100. The fraction of sp³-hybridized carbons (Fsp3) is 0.136. The lowest BCUT2D eigenvalue weighted by atomic mass is 10.1. The van der Waals surface area contributed by atoms with Gasteiger partial charge in [-0.05, 0) is 30.7 Å². The summed E-state index contributed by atoms with van der Waals surface area (Å²) in [5.74, 6) is -0.308. The second-order valence-corrected chi connectivity index (χ2v) is 6.97. The minimum absolute atomic E-state index is 0.0907. The molecule has 0 spiro atoms. The van der Waals surface area contributed by atoms with Crippen molar-refractivity contribution in [2.24, 2.45) is 11.5 Å². The van der Waals surface area contributed by atoms with E-state index in [1.807, 2.05) is 37.3 Å². The van der Waals surface area contributed by atoms with Crippen molar-refractivity contribution in [1.82, 2.24) is 14.5 Å². The summed E-state index contributed by atoms with van der Waals surface area (Å²) in [5.41, 5.74) is 14.5. The number of aryl methyl sites for hydroxylation is 1. The molecule has 0 bridgehead atoms. The van der Waals surface area contributed by atoms with Gasteiger partial charge in [-0.15, -0.1) is 0 Å². The van der Waals surface area contributed by atoms with E-state index < -0.39 is 11.7 Å². The van der Waals surface area contributed by atoms with Crippen molar-refractivity contribution >= 4 is 22.6 Å². The molecular weight excluding hydrogens is 383 g/mol. The van der Waals surface area contributed by atoms with Gasteiger partial charge in [0.15, 0.2) is 0 Å².